The predicted molar refractivity (Wildman–Crippen MR) is 56.4 cm³/mol. The third-order valence-electron chi connectivity index (χ3n) is 2.06. The first kappa shape index (κ1) is 9.75. The number of hydrogen-bond donors (Lipinski definition) is 1. The van der Waals surface area contributed by atoms with Crippen molar-refractivity contribution in [2.45, 2.75) is 20.4 Å². The van der Waals surface area contributed by atoms with Crippen LogP contribution in [0.25, 0.3) is 0 Å². The third kappa shape index (κ3) is 1.87. The van der Waals surface area contributed by atoms with Crippen molar-refractivity contribution >= 4 is 15.9 Å². The van der Waals surface area contributed by atoms with Gasteiger partial charge < -0.3 is 5.32 Å². The standard InChI is InChI=1S/C10H14BrN/c1-7-4-5-9(6-12-3)8(2)10(7)11/h4-5,12H,6H2,1-3H3. The summed E-state index contributed by atoms with van der Waals surface area (Å²) in [5.41, 5.74) is 3.99. The molecule has 0 bridgehead atoms. The van der Waals surface area contributed by atoms with E-state index in [0.29, 0.717) is 0 Å². The van der Waals surface area contributed by atoms with Crippen LogP contribution in [0.15, 0.2) is 16.6 Å². The van der Waals surface area contributed by atoms with Crippen molar-refractivity contribution in [3.8, 4) is 0 Å². The molecule has 0 atom stereocenters. The Labute approximate surface area is 82.3 Å². The highest BCUT2D eigenvalue weighted by atomic mass is 79.9. The van der Waals surface area contributed by atoms with E-state index in [1.54, 1.807) is 0 Å². The summed E-state index contributed by atoms with van der Waals surface area (Å²) in [4.78, 5) is 0. The second-order valence-corrected chi connectivity index (χ2v) is 3.80. The van der Waals surface area contributed by atoms with E-state index in [2.05, 4.69) is 47.2 Å². The van der Waals surface area contributed by atoms with E-state index >= 15 is 0 Å². The van der Waals surface area contributed by atoms with Gasteiger partial charge in [0.25, 0.3) is 0 Å². The third-order valence-corrected chi connectivity index (χ3v) is 3.28. The van der Waals surface area contributed by atoms with Gasteiger partial charge in [0.2, 0.25) is 0 Å². The topological polar surface area (TPSA) is 12.0 Å². The highest BCUT2D eigenvalue weighted by molar-refractivity contribution is 9.10. The van der Waals surface area contributed by atoms with E-state index in [0.717, 1.165) is 6.54 Å². The quantitative estimate of drug-likeness (QED) is 0.820. The van der Waals surface area contributed by atoms with E-state index in [1.165, 1.54) is 21.2 Å². The van der Waals surface area contributed by atoms with Crippen LogP contribution in [0.1, 0.15) is 16.7 Å². The lowest BCUT2D eigenvalue weighted by atomic mass is 10.1. The first-order valence-corrected chi connectivity index (χ1v) is 4.85. The molecular formula is C10H14BrN. The zero-order valence-corrected chi connectivity index (χ0v) is 9.33. The van der Waals surface area contributed by atoms with E-state index < -0.39 is 0 Å². The number of rotatable bonds is 2. The smallest absolute Gasteiger partial charge is 0.0236 e. The molecule has 0 aromatic heterocycles. The van der Waals surface area contributed by atoms with E-state index in [4.69, 9.17) is 0 Å². The fourth-order valence-corrected chi connectivity index (χ4v) is 1.63. The molecule has 0 aliphatic heterocycles. The molecule has 1 aromatic rings. The van der Waals surface area contributed by atoms with Gasteiger partial charge in [-0.15, -0.1) is 0 Å². The van der Waals surface area contributed by atoms with Crippen molar-refractivity contribution in [2.75, 3.05) is 7.05 Å². The van der Waals surface area contributed by atoms with E-state index in [-0.39, 0.29) is 0 Å². The number of halogens is 1. The first-order valence-electron chi connectivity index (χ1n) is 4.06. The molecule has 1 aromatic carbocycles. The lowest BCUT2D eigenvalue weighted by Crippen LogP contribution is -2.06. The lowest BCUT2D eigenvalue weighted by Gasteiger charge is -2.08. The van der Waals surface area contributed by atoms with Crippen LogP contribution in [0, 0.1) is 13.8 Å². The minimum absolute atomic E-state index is 0.935. The largest absolute Gasteiger partial charge is 0.316 e. The van der Waals surface area contributed by atoms with Gasteiger partial charge in [-0.3, -0.25) is 0 Å². The number of nitrogens with one attached hydrogen (secondary N) is 1. The minimum Gasteiger partial charge on any atom is -0.316 e. The molecule has 12 heavy (non-hydrogen) atoms. The number of benzene rings is 1. The Kier molecular flexibility index (Phi) is 3.29. The molecule has 1 rings (SSSR count). The van der Waals surface area contributed by atoms with Gasteiger partial charge in [-0.25, -0.2) is 0 Å². The highest BCUT2D eigenvalue weighted by Gasteiger charge is 2.02. The molecule has 1 nitrogen and oxygen atoms in total. The fourth-order valence-electron chi connectivity index (χ4n) is 1.24. The maximum absolute atomic E-state index is 3.57. The molecule has 0 aliphatic carbocycles. The zero-order valence-electron chi connectivity index (χ0n) is 7.74. The number of aryl methyl sites for hydroxylation is 1. The Morgan fingerprint density at radius 3 is 2.58 bits per heavy atom. The Hall–Kier alpha value is -0.340. The van der Waals surface area contributed by atoms with Crippen molar-refractivity contribution in [2.24, 2.45) is 0 Å². The van der Waals surface area contributed by atoms with Crippen LogP contribution in [-0.2, 0) is 6.54 Å². The molecule has 0 unspecified atom stereocenters. The van der Waals surface area contributed by atoms with Gasteiger partial charge in [0.05, 0.1) is 0 Å². The van der Waals surface area contributed by atoms with Crippen molar-refractivity contribution in [3.63, 3.8) is 0 Å². The summed E-state index contributed by atoms with van der Waals surface area (Å²) < 4.78 is 1.23. The highest BCUT2D eigenvalue weighted by Crippen LogP contribution is 2.23. The van der Waals surface area contributed by atoms with Gasteiger partial charge in [0.15, 0.2) is 0 Å². The summed E-state index contributed by atoms with van der Waals surface area (Å²) in [6.07, 6.45) is 0. The molecule has 66 valence electrons. The van der Waals surface area contributed by atoms with Gasteiger partial charge in [-0.05, 0) is 37.6 Å². The summed E-state index contributed by atoms with van der Waals surface area (Å²) in [6.45, 7) is 5.19. The van der Waals surface area contributed by atoms with Gasteiger partial charge in [0.1, 0.15) is 0 Å². The Morgan fingerprint density at radius 1 is 1.33 bits per heavy atom. The van der Waals surface area contributed by atoms with Crippen LogP contribution < -0.4 is 5.32 Å². The Morgan fingerprint density at radius 2 is 2.00 bits per heavy atom. The summed E-state index contributed by atoms with van der Waals surface area (Å²) in [5.74, 6) is 0. The molecular weight excluding hydrogens is 214 g/mol. The zero-order chi connectivity index (χ0) is 9.14. The first-order chi connectivity index (χ1) is 5.66. The summed E-state index contributed by atoms with van der Waals surface area (Å²) in [6, 6.07) is 4.32. The average Bonchev–Trinajstić information content (AvgIpc) is 2.07. The fraction of sp³-hybridized carbons (Fsp3) is 0.400. The van der Waals surface area contributed by atoms with Gasteiger partial charge in [-0.1, -0.05) is 28.1 Å². The predicted octanol–water partition coefficient (Wildman–Crippen LogP) is 2.79. The normalized spacial score (nSPS) is 10.3. The summed E-state index contributed by atoms with van der Waals surface area (Å²) >= 11 is 3.57. The molecule has 0 spiro atoms. The van der Waals surface area contributed by atoms with Gasteiger partial charge >= 0.3 is 0 Å². The minimum atomic E-state index is 0.935. The van der Waals surface area contributed by atoms with E-state index in [1.807, 2.05) is 7.05 Å². The van der Waals surface area contributed by atoms with Crippen LogP contribution in [0.3, 0.4) is 0 Å². The molecule has 0 saturated carbocycles. The molecule has 0 heterocycles. The van der Waals surface area contributed by atoms with Crippen molar-refractivity contribution < 1.29 is 0 Å². The molecule has 1 N–H and O–H groups in total. The van der Waals surface area contributed by atoms with Crippen molar-refractivity contribution in [1.29, 1.82) is 0 Å². The van der Waals surface area contributed by atoms with Gasteiger partial charge in [-0.2, -0.15) is 0 Å². The van der Waals surface area contributed by atoms with Crippen LogP contribution in [-0.4, -0.2) is 7.05 Å². The molecule has 0 amide bonds. The molecule has 0 radical (unpaired) electrons. The molecule has 2 heteroatoms. The maximum Gasteiger partial charge on any atom is 0.0236 e. The van der Waals surface area contributed by atoms with Crippen LogP contribution in [0.4, 0.5) is 0 Å². The molecule has 0 fully saturated rings. The van der Waals surface area contributed by atoms with E-state index in [9.17, 15) is 0 Å². The number of hydrogen-bond acceptors (Lipinski definition) is 1. The van der Waals surface area contributed by atoms with Crippen LogP contribution in [0.5, 0.6) is 0 Å². The maximum atomic E-state index is 3.57. The Bertz CT molecular complexity index is 281. The lowest BCUT2D eigenvalue weighted by molar-refractivity contribution is 0.810. The Balaban J connectivity index is 3.08. The summed E-state index contributed by atoms with van der Waals surface area (Å²) in [5, 5.41) is 3.15. The molecule has 0 saturated heterocycles. The second-order valence-electron chi connectivity index (χ2n) is 3.01. The SMILES string of the molecule is CNCc1ccc(C)c(Br)c1C. The second kappa shape index (κ2) is 4.06. The van der Waals surface area contributed by atoms with Crippen LogP contribution in [0.2, 0.25) is 0 Å². The van der Waals surface area contributed by atoms with Crippen LogP contribution >= 0.6 is 15.9 Å². The van der Waals surface area contributed by atoms with Crippen molar-refractivity contribution in [1.82, 2.24) is 5.32 Å². The van der Waals surface area contributed by atoms with Gasteiger partial charge in [0, 0.05) is 11.0 Å². The monoisotopic (exact) mass is 227 g/mol. The summed E-state index contributed by atoms with van der Waals surface area (Å²) in [7, 11) is 1.97. The average molecular weight is 228 g/mol. The molecule has 0 aliphatic rings. The van der Waals surface area contributed by atoms with Crippen molar-refractivity contribution in [3.05, 3.63) is 33.3 Å².